The zero-order valence-corrected chi connectivity index (χ0v) is 17.3. The van der Waals surface area contributed by atoms with Crippen molar-refractivity contribution in [3.8, 4) is 0 Å². The van der Waals surface area contributed by atoms with Crippen LogP contribution in [0.5, 0.6) is 0 Å². The Morgan fingerprint density at radius 1 is 1.25 bits per heavy atom. The van der Waals surface area contributed by atoms with Crippen LogP contribution in [0.4, 0.5) is 5.69 Å². The molecule has 2 aromatic rings. The van der Waals surface area contributed by atoms with E-state index in [-0.39, 0.29) is 10.8 Å². The van der Waals surface area contributed by atoms with E-state index >= 15 is 0 Å². The van der Waals surface area contributed by atoms with E-state index in [2.05, 4.69) is 10.4 Å². The highest BCUT2D eigenvalue weighted by molar-refractivity contribution is 7.89. The van der Waals surface area contributed by atoms with Crippen molar-refractivity contribution in [2.75, 3.05) is 31.6 Å². The molecule has 28 heavy (non-hydrogen) atoms. The summed E-state index contributed by atoms with van der Waals surface area (Å²) in [5.41, 5.74) is 3.51. The molecule has 0 bridgehead atoms. The molecule has 8 nitrogen and oxygen atoms in total. The predicted molar refractivity (Wildman–Crippen MR) is 106 cm³/mol. The maximum atomic E-state index is 12.8. The molecule has 1 N–H and O–H groups in total. The Balaban J connectivity index is 1.66. The Hall–Kier alpha value is -2.23. The SMILES string of the molecule is Cc1nn(C)c(C)c1CCC(=O)Nc1cccc(S(=O)(=O)N2CCOCC2)c1. The number of hydrogen-bond acceptors (Lipinski definition) is 5. The van der Waals surface area contributed by atoms with Gasteiger partial charge in [-0.3, -0.25) is 9.48 Å². The fraction of sp³-hybridized carbons (Fsp3) is 0.474. The van der Waals surface area contributed by atoms with Crippen LogP contribution in [0.3, 0.4) is 0 Å². The third kappa shape index (κ3) is 4.43. The monoisotopic (exact) mass is 406 g/mol. The number of nitrogens with zero attached hydrogens (tertiary/aromatic N) is 3. The molecule has 0 atom stereocenters. The minimum Gasteiger partial charge on any atom is -0.379 e. The summed E-state index contributed by atoms with van der Waals surface area (Å²) in [7, 11) is -1.71. The summed E-state index contributed by atoms with van der Waals surface area (Å²) in [6, 6.07) is 6.38. The molecular weight excluding hydrogens is 380 g/mol. The molecule has 0 saturated carbocycles. The molecule has 0 aliphatic carbocycles. The normalized spacial score (nSPS) is 15.5. The van der Waals surface area contributed by atoms with Crippen molar-refractivity contribution in [2.45, 2.75) is 31.6 Å². The number of carbonyl (C=O) groups excluding carboxylic acids is 1. The Kier molecular flexibility index (Phi) is 6.17. The lowest BCUT2D eigenvalue weighted by Crippen LogP contribution is -2.40. The minimum absolute atomic E-state index is 0.163. The van der Waals surface area contributed by atoms with Gasteiger partial charge in [0.2, 0.25) is 15.9 Å². The smallest absolute Gasteiger partial charge is 0.243 e. The minimum atomic E-state index is -3.59. The second-order valence-electron chi connectivity index (χ2n) is 6.87. The van der Waals surface area contributed by atoms with Crippen LogP contribution in [0, 0.1) is 13.8 Å². The lowest BCUT2D eigenvalue weighted by atomic mass is 10.1. The van der Waals surface area contributed by atoms with Crippen molar-refractivity contribution in [3.63, 3.8) is 0 Å². The van der Waals surface area contributed by atoms with Crippen LogP contribution in [-0.4, -0.2) is 54.7 Å². The summed E-state index contributed by atoms with van der Waals surface area (Å²) >= 11 is 0. The fourth-order valence-corrected chi connectivity index (χ4v) is 4.77. The van der Waals surface area contributed by atoms with Crippen molar-refractivity contribution >= 4 is 21.6 Å². The van der Waals surface area contributed by atoms with Crippen molar-refractivity contribution in [2.24, 2.45) is 7.05 Å². The third-order valence-corrected chi connectivity index (χ3v) is 6.88. The van der Waals surface area contributed by atoms with Gasteiger partial charge in [0.25, 0.3) is 0 Å². The standard InChI is InChI=1S/C19H26N4O4S/c1-14-18(15(2)22(3)21-14)7-8-19(24)20-16-5-4-6-17(13-16)28(25,26)23-9-11-27-12-10-23/h4-6,13H,7-12H2,1-3H3,(H,20,24). The highest BCUT2D eigenvalue weighted by Gasteiger charge is 2.26. The van der Waals surface area contributed by atoms with Gasteiger partial charge in [0.05, 0.1) is 23.8 Å². The van der Waals surface area contributed by atoms with Crippen molar-refractivity contribution in [1.82, 2.24) is 14.1 Å². The van der Waals surface area contributed by atoms with Crippen molar-refractivity contribution in [1.29, 1.82) is 0 Å². The van der Waals surface area contributed by atoms with Gasteiger partial charge < -0.3 is 10.1 Å². The zero-order chi connectivity index (χ0) is 20.3. The Morgan fingerprint density at radius 2 is 1.96 bits per heavy atom. The second-order valence-corrected chi connectivity index (χ2v) is 8.80. The van der Waals surface area contributed by atoms with E-state index in [4.69, 9.17) is 4.74 Å². The van der Waals surface area contributed by atoms with Crippen LogP contribution >= 0.6 is 0 Å². The van der Waals surface area contributed by atoms with E-state index in [0.29, 0.717) is 44.8 Å². The first-order valence-corrected chi connectivity index (χ1v) is 10.7. The quantitative estimate of drug-likeness (QED) is 0.787. The number of benzene rings is 1. The maximum Gasteiger partial charge on any atom is 0.243 e. The Bertz CT molecular complexity index is 962. The number of hydrogen-bond donors (Lipinski definition) is 1. The van der Waals surface area contributed by atoms with Gasteiger partial charge in [-0.15, -0.1) is 0 Å². The molecule has 152 valence electrons. The summed E-state index contributed by atoms with van der Waals surface area (Å²) < 4.78 is 34.0. The highest BCUT2D eigenvalue weighted by atomic mass is 32.2. The molecule has 1 aromatic carbocycles. The summed E-state index contributed by atoms with van der Waals surface area (Å²) in [6.45, 7) is 5.37. The summed E-state index contributed by atoms with van der Waals surface area (Å²) in [4.78, 5) is 12.5. The largest absolute Gasteiger partial charge is 0.379 e. The van der Waals surface area contributed by atoms with Gasteiger partial charge >= 0.3 is 0 Å². The molecule has 9 heteroatoms. The van der Waals surface area contributed by atoms with Gasteiger partial charge in [0, 0.05) is 37.9 Å². The summed E-state index contributed by atoms with van der Waals surface area (Å²) in [5, 5.41) is 7.16. The molecule has 0 unspecified atom stereocenters. The zero-order valence-electron chi connectivity index (χ0n) is 16.4. The van der Waals surface area contributed by atoms with E-state index in [0.717, 1.165) is 17.0 Å². The molecule has 0 radical (unpaired) electrons. The topological polar surface area (TPSA) is 93.5 Å². The van der Waals surface area contributed by atoms with E-state index < -0.39 is 10.0 Å². The summed E-state index contributed by atoms with van der Waals surface area (Å²) in [5.74, 6) is -0.163. The van der Waals surface area contributed by atoms with Crippen LogP contribution in [0.2, 0.25) is 0 Å². The lowest BCUT2D eigenvalue weighted by molar-refractivity contribution is -0.116. The van der Waals surface area contributed by atoms with Crippen LogP contribution in [0.1, 0.15) is 23.4 Å². The van der Waals surface area contributed by atoms with Gasteiger partial charge in [-0.05, 0) is 44.0 Å². The van der Waals surface area contributed by atoms with Crippen LogP contribution in [0.25, 0.3) is 0 Å². The first-order chi connectivity index (χ1) is 13.3. The molecule has 2 heterocycles. The van der Waals surface area contributed by atoms with E-state index in [1.54, 1.807) is 18.2 Å². The molecule has 0 spiro atoms. The number of sulfonamides is 1. The van der Waals surface area contributed by atoms with Gasteiger partial charge in [0.1, 0.15) is 0 Å². The number of carbonyl (C=O) groups is 1. The van der Waals surface area contributed by atoms with E-state index in [9.17, 15) is 13.2 Å². The van der Waals surface area contributed by atoms with Crippen LogP contribution < -0.4 is 5.32 Å². The fourth-order valence-electron chi connectivity index (χ4n) is 3.31. The van der Waals surface area contributed by atoms with E-state index in [1.807, 2.05) is 25.6 Å². The number of rotatable bonds is 6. The van der Waals surface area contributed by atoms with Gasteiger partial charge in [-0.2, -0.15) is 9.40 Å². The number of morpholine rings is 1. The molecule has 1 fully saturated rings. The predicted octanol–water partition coefficient (Wildman–Crippen LogP) is 1.63. The molecule has 3 rings (SSSR count). The molecule has 1 saturated heterocycles. The first-order valence-electron chi connectivity index (χ1n) is 9.26. The lowest BCUT2D eigenvalue weighted by Gasteiger charge is -2.26. The van der Waals surface area contributed by atoms with Crippen molar-refractivity contribution < 1.29 is 17.9 Å². The Morgan fingerprint density at radius 3 is 2.61 bits per heavy atom. The molecule has 1 aliphatic rings. The molecular formula is C19H26N4O4S. The van der Waals surface area contributed by atoms with Gasteiger partial charge in [-0.1, -0.05) is 6.07 Å². The Labute approximate surface area is 165 Å². The van der Waals surface area contributed by atoms with E-state index in [1.165, 1.54) is 10.4 Å². The number of nitrogens with one attached hydrogen (secondary N) is 1. The average Bonchev–Trinajstić information content (AvgIpc) is 2.92. The number of anilines is 1. The molecule has 1 aliphatic heterocycles. The average molecular weight is 407 g/mol. The number of amides is 1. The highest BCUT2D eigenvalue weighted by Crippen LogP contribution is 2.21. The number of ether oxygens (including phenoxy) is 1. The number of aromatic nitrogens is 2. The van der Waals surface area contributed by atoms with Crippen molar-refractivity contribution in [3.05, 3.63) is 41.2 Å². The second kappa shape index (κ2) is 8.42. The van der Waals surface area contributed by atoms with Gasteiger partial charge in [0.15, 0.2) is 0 Å². The van der Waals surface area contributed by atoms with Gasteiger partial charge in [-0.25, -0.2) is 8.42 Å². The third-order valence-electron chi connectivity index (χ3n) is 4.99. The number of aryl methyl sites for hydroxylation is 2. The first kappa shape index (κ1) is 20.5. The molecule has 1 amide bonds. The summed E-state index contributed by atoms with van der Waals surface area (Å²) in [6.07, 6.45) is 0.886. The maximum absolute atomic E-state index is 12.8. The van der Waals surface area contributed by atoms with Crippen LogP contribution in [-0.2, 0) is 33.0 Å². The molecule has 1 aromatic heterocycles. The van der Waals surface area contributed by atoms with Crippen LogP contribution in [0.15, 0.2) is 29.2 Å².